The number of benzene rings is 3. The molecule has 7 heteroatoms. The van der Waals surface area contributed by atoms with Crippen LogP contribution in [0.15, 0.2) is 83.8 Å². The number of aromatic carboxylic acids is 1. The first kappa shape index (κ1) is 23.3. The second-order valence-corrected chi connectivity index (χ2v) is 8.78. The lowest BCUT2D eigenvalue weighted by atomic mass is 10.1. The summed E-state index contributed by atoms with van der Waals surface area (Å²) in [5, 5.41) is 8.84. The van der Waals surface area contributed by atoms with Crippen LogP contribution < -0.4 is 4.74 Å². The van der Waals surface area contributed by atoms with Crippen molar-refractivity contribution in [1.82, 2.24) is 4.90 Å². The van der Waals surface area contributed by atoms with Gasteiger partial charge in [-0.3, -0.25) is 14.5 Å². The molecule has 34 heavy (non-hydrogen) atoms. The highest BCUT2D eigenvalue weighted by atomic mass is 32.2. The highest BCUT2D eigenvalue weighted by Crippen LogP contribution is 2.32. The van der Waals surface area contributed by atoms with Crippen molar-refractivity contribution in [3.63, 3.8) is 0 Å². The van der Waals surface area contributed by atoms with Crippen LogP contribution in [0.2, 0.25) is 0 Å². The van der Waals surface area contributed by atoms with Gasteiger partial charge >= 0.3 is 5.97 Å². The van der Waals surface area contributed by atoms with Gasteiger partial charge in [-0.25, -0.2) is 4.79 Å². The van der Waals surface area contributed by atoms with Crippen molar-refractivity contribution in [2.75, 3.05) is 6.54 Å². The number of imide groups is 1. The molecule has 3 aromatic rings. The van der Waals surface area contributed by atoms with Crippen LogP contribution >= 0.6 is 11.8 Å². The van der Waals surface area contributed by atoms with Gasteiger partial charge in [-0.1, -0.05) is 54.6 Å². The van der Waals surface area contributed by atoms with Crippen molar-refractivity contribution < 1.29 is 24.2 Å². The number of hydrogen-bond acceptors (Lipinski definition) is 5. The van der Waals surface area contributed by atoms with Crippen LogP contribution in [0, 0.1) is 0 Å². The molecule has 1 saturated heterocycles. The highest BCUT2D eigenvalue weighted by molar-refractivity contribution is 8.18. The van der Waals surface area contributed by atoms with Crippen molar-refractivity contribution >= 4 is 35.0 Å². The summed E-state index contributed by atoms with van der Waals surface area (Å²) in [6.45, 7) is 0.634. The maximum atomic E-state index is 12.7. The topological polar surface area (TPSA) is 83.9 Å². The van der Waals surface area contributed by atoms with Crippen LogP contribution in [0.3, 0.4) is 0 Å². The van der Waals surface area contributed by atoms with Crippen LogP contribution in [0.1, 0.15) is 33.5 Å². The first-order valence-corrected chi connectivity index (χ1v) is 11.7. The number of thioether (sulfide) groups is 1. The van der Waals surface area contributed by atoms with E-state index >= 15 is 0 Å². The average Bonchev–Trinajstić information content (AvgIpc) is 3.11. The number of carbonyl (C=O) groups excluding carboxylic acids is 2. The average molecular weight is 474 g/mol. The van der Waals surface area contributed by atoms with Gasteiger partial charge in [0.15, 0.2) is 0 Å². The van der Waals surface area contributed by atoms with Crippen LogP contribution in [-0.2, 0) is 17.8 Å². The minimum absolute atomic E-state index is 0.213. The van der Waals surface area contributed by atoms with E-state index in [4.69, 9.17) is 9.84 Å². The van der Waals surface area contributed by atoms with Crippen LogP contribution in [0.4, 0.5) is 4.79 Å². The SMILES string of the molecule is O=C(O)c1cccc(COc2ccc(/C=C3/SC(=O)N(CCCc4ccccc4)C3=O)cc2)c1. The lowest BCUT2D eigenvalue weighted by Gasteiger charge is -2.12. The van der Waals surface area contributed by atoms with Gasteiger partial charge in [-0.15, -0.1) is 0 Å². The molecule has 1 fully saturated rings. The largest absolute Gasteiger partial charge is 0.489 e. The molecule has 4 rings (SSSR count). The van der Waals surface area contributed by atoms with Crippen LogP contribution in [-0.4, -0.2) is 33.7 Å². The predicted molar refractivity (Wildman–Crippen MR) is 132 cm³/mol. The minimum atomic E-state index is -0.980. The molecule has 0 spiro atoms. The summed E-state index contributed by atoms with van der Waals surface area (Å²) in [5.41, 5.74) is 2.94. The van der Waals surface area contributed by atoms with E-state index in [0.717, 1.165) is 35.7 Å². The zero-order valence-electron chi connectivity index (χ0n) is 18.3. The molecule has 172 valence electrons. The summed E-state index contributed by atoms with van der Waals surface area (Å²) in [5.74, 6) is -0.625. The zero-order valence-corrected chi connectivity index (χ0v) is 19.2. The van der Waals surface area contributed by atoms with Crippen molar-refractivity contribution in [2.24, 2.45) is 0 Å². The van der Waals surface area contributed by atoms with E-state index in [0.29, 0.717) is 17.2 Å². The van der Waals surface area contributed by atoms with Crippen molar-refractivity contribution in [3.8, 4) is 5.75 Å². The molecule has 6 nitrogen and oxygen atoms in total. The van der Waals surface area contributed by atoms with Gasteiger partial charge in [0.1, 0.15) is 12.4 Å². The fourth-order valence-corrected chi connectivity index (χ4v) is 4.42. The number of ether oxygens (including phenoxy) is 1. The summed E-state index contributed by atoms with van der Waals surface area (Å²) < 4.78 is 5.74. The van der Waals surface area contributed by atoms with E-state index in [-0.39, 0.29) is 23.3 Å². The van der Waals surface area contributed by atoms with Crippen LogP contribution in [0.25, 0.3) is 6.08 Å². The molecule has 0 aliphatic carbocycles. The Morgan fingerprint density at radius 2 is 1.68 bits per heavy atom. The Labute approximate surface area is 201 Å². The van der Waals surface area contributed by atoms with Crippen molar-refractivity contribution in [1.29, 1.82) is 0 Å². The van der Waals surface area contributed by atoms with Gasteiger partial charge in [-0.05, 0) is 71.6 Å². The number of aryl methyl sites for hydroxylation is 1. The maximum Gasteiger partial charge on any atom is 0.335 e. The first-order chi connectivity index (χ1) is 16.5. The Bertz CT molecular complexity index is 1220. The van der Waals surface area contributed by atoms with Crippen LogP contribution in [0.5, 0.6) is 5.75 Å². The summed E-state index contributed by atoms with van der Waals surface area (Å²) in [4.78, 5) is 37.9. The number of rotatable bonds is 9. The quantitative estimate of drug-likeness (QED) is 0.405. The van der Waals surface area contributed by atoms with Gasteiger partial charge in [0.2, 0.25) is 0 Å². The lowest BCUT2D eigenvalue weighted by Crippen LogP contribution is -2.29. The molecule has 2 amide bonds. The monoisotopic (exact) mass is 473 g/mol. The van der Waals surface area contributed by atoms with Gasteiger partial charge < -0.3 is 9.84 Å². The van der Waals surface area contributed by atoms with Crippen molar-refractivity contribution in [2.45, 2.75) is 19.4 Å². The second-order valence-electron chi connectivity index (χ2n) is 7.79. The fraction of sp³-hybridized carbons (Fsp3) is 0.148. The number of carbonyl (C=O) groups is 3. The number of hydrogen-bond donors (Lipinski definition) is 1. The third-order valence-corrected chi connectivity index (χ3v) is 6.23. The summed E-state index contributed by atoms with van der Waals surface area (Å²) >= 11 is 0.958. The smallest absolute Gasteiger partial charge is 0.335 e. The number of carboxylic acids is 1. The standard InChI is InChI=1S/C27H23NO5S/c29-25-24(34-27(32)28(25)15-5-9-19-6-2-1-3-7-19)17-20-11-13-23(14-12-20)33-18-21-8-4-10-22(16-21)26(30)31/h1-4,6-8,10-14,16-17H,5,9,15,18H2,(H,30,31)/b24-17+. The Balaban J connectivity index is 1.32. The number of amides is 2. The molecular weight excluding hydrogens is 450 g/mol. The van der Waals surface area contributed by atoms with E-state index in [2.05, 4.69) is 0 Å². The molecule has 1 heterocycles. The molecule has 0 unspecified atom stereocenters. The van der Waals surface area contributed by atoms with Gasteiger partial charge in [0.25, 0.3) is 11.1 Å². The molecule has 0 aromatic heterocycles. The third-order valence-electron chi connectivity index (χ3n) is 5.32. The van der Waals surface area contributed by atoms with E-state index in [9.17, 15) is 14.4 Å². The molecule has 0 radical (unpaired) electrons. The summed E-state index contributed by atoms with van der Waals surface area (Å²) in [6.07, 6.45) is 3.24. The van der Waals surface area contributed by atoms with Crippen molar-refractivity contribution in [3.05, 3.63) is 106 Å². The predicted octanol–water partition coefficient (Wildman–Crippen LogP) is 5.63. The van der Waals surface area contributed by atoms with E-state index in [1.807, 2.05) is 42.5 Å². The van der Waals surface area contributed by atoms with Gasteiger partial charge in [-0.2, -0.15) is 0 Å². The zero-order chi connectivity index (χ0) is 23.9. The molecular formula is C27H23NO5S. The summed E-state index contributed by atoms with van der Waals surface area (Å²) in [7, 11) is 0. The molecule has 1 N–H and O–H groups in total. The molecule has 3 aromatic carbocycles. The Morgan fingerprint density at radius 1 is 0.941 bits per heavy atom. The van der Waals surface area contributed by atoms with E-state index < -0.39 is 5.97 Å². The Morgan fingerprint density at radius 3 is 2.41 bits per heavy atom. The Kier molecular flexibility index (Phi) is 7.44. The lowest BCUT2D eigenvalue weighted by molar-refractivity contribution is -0.122. The summed E-state index contributed by atoms with van der Waals surface area (Å²) in [6, 6.07) is 23.8. The first-order valence-electron chi connectivity index (χ1n) is 10.8. The molecule has 0 atom stereocenters. The third kappa shape index (κ3) is 5.94. The molecule has 1 aliphatic rings. The highest BCUT2D eigenvalue weighted by Gasteiger charge is 2.34. The molecule has 0 bridgehead atoms. The Hall–Kier alpha value is -3.84. The number of carboxylic acid groups (broad SMARTS) is 1. The second kappa shape index (κ2) is 10.9. The normalized spacial score (nSPS) is 14.6. The van der Waals surface area contributed by atoms with Gasteiger partial charge in [0.05, 0.1) is 10.5 Å². The fourth-order valence-electron chi connectivity index (χ4n) is 3.55. The number of nitrogens with zero attached hydrogens (tertiary/aromatic N) is 1. The molecule has 1 aliphatic heterocycles. The maximum absolute atomic E-state index is 12.7. The van der Waals surface area contributed by atoms with Gasteiger partial charge in [0, 0.05) is 6.54 Å². The van der Waals surface area contributed by atoms with E-state index in [1.165, 1.54) is 16.5 Å². The molecule has 0 saturated carbocycles. The van der Waals surface area contributed by atoms with E-state index in [1.54, 1.807) is 36.4 Å². The minimum Gasteiger partial charge on any atom is -0.489 e.